The van der Waals surface area contributed by atoms with Crippen molar-refractivity contribution in [3.8, 4) is 34.5 Å². The Morgan fingerprint density at radius 1 is 0.130 bits per heavy atom. The molecule has 0 radical (unpaired) electrons. The Bertz CT molecular complexity index is 6890. The van der Waals surface area contributed by atoms with Crippen LogP contribution in [0.1, 0.15) is 0 Å². The topological polar surface area (TPSA) is 92.5 Å². The summed E-state index contributed by atoms with van der Waals surface area (Å²) in [5.41, 5.74) is 0. The highest BCUT2D eigenvalue weighted by atomic mass is 31.3. The lowest BCUT2D eigenvalue weighted by Crippen LogP contribution is -2.12. The smallest absolute Gasteiger partial charge is 0.413 e. The average molecular weight is 1440 g/mol. The molecule has 0 fully saturated rings. The van der Waals surface area contributed by atoms with Crippen LogP contribution in [0.3, 0.4) is 0 Å². The first-order valence-corrected chi connectivity index (χ1v) is 41.0. The SMILES string of the molecule is c1cc2ccc3ccc(OP4(Oc5ccc6ccc7cccc8ccc5c6c78)=NP(Oc5ccc6ccc7cccc8ccc5c6c78)(Oc5ccc6ccc7cccc8ccc5c6c78)=NP(Oc5ccc6ccc7cccc8ccc5c6c78)(Oc5ccc6ccc7cccc8ccc5c6c78)=N4)c4ccc(c1)c2c34. The molecule has 0 aliphatic carbocycles. The quantitative estimate of drug-likeness (QED) is 0.0894. The molecule has 24 aromatic rings. The van der Waals surface area contributed by atoms with Gasteiger partial charge in [-0.15, -0.1) is 0 Å². The third-order valence-electron chi connectivity index (χ3n) is 22.9. The van der Waals surface area contributed by atoms with E-state index >= 15 is 0 Å². The third-order valence-corrected chi connectivity index (χ3v) is 30.9. The van der Waals surface area contributed by atoms with Gasteiger partial charge in [0.15, 0.2) is 0 Å². The lowest BCUT2D eigenvalue weighted by Gasteiger charge is -2.34. The minimum Gasteiger partial charge on any atom is -0.413 e. The Kier molecular flexibility index (Phi) is 11.9. The van der Waals surface area contributed by atoms with Crippen LogP contribution in [0.2, 0.25) is 0 Å². The zero-order valence-electron chi connectivity index (χ0n) is 57.3. The van der Waals surface area contributed by atoms with Crippen LogP contribution in [0.25, 0.3) is 194 Å². The van der Waals surface area contributed by atoms with Crippen molar-refractivity contribution < 1.29 is 27.1 Å². The van der Waals surface area contributed by atoms with Gasteiger partial charge in [0.25, 0.3) is 0 Å². The normalized spacial score (nSPS) is 14.6. The molecular weight excluding hydrogens is 1380 g/mol. The van der Waals surface area contributed by atoms with Gasteiger partial charge in [-0.1, -0.05) is 268 Å². The monoisotopic (exact) mass is 1440 g/mol. The van der Waals surface area contributed by atoms with Crippen LogP contribution >= 0.6 is 23.0 Å². The Hall–Kier alpha value is -13.0. The molecule has 0 aromatic heterocycles. The molecule has 0 atom stereocenters. The van der Waals surface area contributed by atoms with Crippen LogP contribution in [-0.2, 0) is 0 Å². The maximum Gasteiger partial charge on any atom is 0.460 e. The van der Waals surface area contributed by atoms with E-state index < -0.39 is 23.0 Å². The van der Waals surface area contributed by atoms with Crippen LogP contribution in [0.5, 0.6) is 34.5 Å². The van der Waals surface area contributed by atoms with Crippen molar-refractivity contribution in [3.63, 3.8) is 0 Å². The van der Waals surface area contributed by atoms with Crippen molar-refractivity contribution in [1.82, 2.24) is 0 Å². The van der Waals surface area contributed by atoms with Gasteiger partial charge < -0.3 is 27.1 Å². The second-order valence-corrected chi connectivity index (χ2v) is 35.0. The molecule has 0 unspecified atom stereocenters. The average Bonchev–Trinajstić information content (AvgIpc) is 0.716. The van der Waals surface area contributed by atoms with Crippen molar-refractivity contribution in [2.45, 2.75) is 0 Å². The first kappa shape index (κ1) is 59.3. The Balaban J connectivity index is 0.862. The van der Waals surface area contributed by atoms with E-state index in [4.69, 9.17) is 40.7 Å². The molecule has 9 nitrogen and oxygen atoms in total. The van der Waals surface area contributed by atoms with Crippen LogP contribution < -0.4 is 27.1 Å². The summed E-state index contributed by atoms with van der Waals surface area (Å²) in [6.45, 7) is 0. The fourth-order valence-corrected chi connectivity index (χ4v) is 27.4. The molecule has 0 spiro atoms. The summed E-state index contributed by atoms with van der Waals surface area (Å²) in [7, 11) is -14.2. The van der Waals surface area contributed by atoms with E-state index in [2.05, 4.69) is 291 Å². The minimum atomic E-state index is -4.72. The summed E-state index contributed by atoms with van der Waals surface area (Å²) >= 11 is 0. The predicted octanol–water partition coefficient (Wildman–Crippen LogP) is 29.7. The largest absolute Gasteiger partial charge is 0.460 e. The molecule has 24 aromatic carbocycles. The highest BCUT2D eigenvalue weighted by Gasteiger charge is 2.50. The lowest BCUT2D eigenvalue weighted by molar-refractivity contribution is 0.448. The van der Waals surface area contributed by atoms with E-state index in [0.29, 0.717) is 34.5 Å². The van der Waals surface area contributed by atoms with E-state index in [0.717, 1.165) is 194 Å². The number of rotatable bonds is 12. The molecule has 0 saturated heterocycles. The van der Waals surface area contributed by atoms with Gasteiger partial charge in [-0.2, -0.15) is 0 Å². The van der Waals surface area contributed by atoms with Crippen LogP contribution in [0.4, 0.5) is 0 Å². The summed E-state index contributed by atoms with van der Waals surface area (Å²) in [5.74, 6) is 2.80. The Morgan fingerprint density at radius 3 is 0.398 bits per heavy atom. The maximum atomic E-state index is 8.31. The van der Waals surface area contributed by atoms with Crippen LogP contribution in [0.15, 0.2) is 341 Å². The van der Waals surface area contributed by atoms with Crippen molar-refractivity contribution in [1.29, 1.82) is 0 Å². The van der Waals surface area contributed by atoms with Gasteiger partial charge in [-0.05, 0) is 202 Å². The molecule has 0 bridgehead atoms. The van der Waals surface area contributed by atoms with Gasteiger partial charge in [0.05, 0.1) is 0 Å². The summed E-state index contributed by atoms with van der Waals surface area (Å²) in [4.78, 5) is 0. The molecule has 1 aliphatic heterocycles. The van der Waals surface area contributed by atoms with E-state index in [1.165, 1.54) is 0 Å². The van der Waals surface area contributed by atoms with Crippen molar-refractivity contribution in [2.75, 3.05) is 0 Å². The predicted molar refractivity (Wildman–Crippen MR) is 453 cm³/mol. The van der Waals surface area contributed by atoms with Crippen LogP contribution in [0, 0.1) is 0 Å². The van der Waals surface area contributed by atoms with Gasteiger partial charge in [0.1, 0.15) is 34.5 Å². The molecule has 25 rings (SSSR count). The van der Waals surface area contributed by atoms with Crippen LogP contribution in [-0.4, -0.2) is 0 Å². The Labute approximate surface area is 615 Å². The molecule has 1 aliphatic rings. The zero-order valence-corrected chi connectivity index (χ0v) is 60.0. The fourth-order valence-electron chi connectivity index (χ4n) is 18.3. The maximum absolute atomic E-state index is 8.31. The molecule has 0 N–H and O–H groups in total. The number of benzene rings is 24. The van der Waals surface area contributed by atoms with Gasteiger partial charge in [0.2, 0.25) is 0 Å². The lowest BCUT2D eigenvalue weighted by atomic mass is 9.94. The summed E-state index contributed by atoms with van der Waals surface area (Å²) in [5, 5.41) is 37.3. The molecule has 1 heterocycles. The Morgan fingerprint density at radius 2 is 0.250 bits per heavy atom. The van der Waals surface area contributed by atoms with Crippen molar-refractivity contribution in [2.24, 2.45) is 13.5 Å². The highest BCUT2D eigenvalue weighted by Crippen LogP contribution is 2.80. The van der Waals surface area contributed by atoms with Gasteiger partial charge >= 0.3 is 23.0 Å². The van der Waals surface area contributed by atoms with Crippen molar-refractivity contribution >= 4 is 217 Å². The first-order chi connectivity index (χ1) is 53.3. The zero-order chi connectivity index (χ0) is 70.3. The van der Waals surface area contributed by atoms with E-state index in [-0.39, 0.29) is 0 Å². The minimum absolute atomic E-state index is 0.466. The first-order valence-electron chi connectivity index (χ1n) is 36.4. The number of hydrogen-bond acceptors (Lipinski definition) is 9. The molecule has 0 saturated carbocycles. The second kappa shape index (κ2) is 21.6. The van der Waals surface area contributed by atoms with E-state index in [9.17, 15) is 0 Å². The molecular formula is C96H54N3O6P3. The fraction of sp³-hybridized carbons (Fsp3) is 0. The highest BCUT2D eigenvalue weighted by molar-refractivity contribution is 7.79. The van der Waals surface area contributed by atoms with E-state index in [1.807, 2.05) is 36.4 Å². The summed E-state index contributed by atoms with van der Waals surface area (Å²) in [6, 6.07) is 116. The second-order valence-electron chi connectivity index (χ2n) is 28.8. The van der Waals surface area contributed by atoms with Gasteiger partial charge in [0, 0.05) is 64.6 Å². The molecule has 108 heavy (non-hydrogen) atoms. The third kappa shape index (κ3) is 8.46. The number of hydrogen-bond donors (Lipinski definition) is 0. The van der Waals surface area contributed by atoms with Crippen molar-refractivity contribution in [3.05, 3.63) is 328 Å². The molecule has 12 heteroatoms. The van der Waals surface area contributed by atoms with E-state index in [1.54, 1.807) is 0 Å². The standard InChI is InChI=1S/C96H54N3O6P3/c1-7-55-19-25-67-37-49-79(73-43-31-61(13-1)85(55)91(67)73)100-106(101-80-50-38-68-26-20-56-8-2-14-62-32-44-74(80)92(68)86(56)62)97-107(102-81-51-39-69-27-21-57-9-3-15-63-33-45-75(81)93(69)87(57)63,103-82-52-40-70-28-22-58-10-4-16-64-34-46-76(82)94(70)88(58)64)99-108(98-106,104-83-53-41-71-29-23-59-11-5-17-65-35-47-77(83)95(71)89(59)65)105-84-54-42-72-30-24-60-12-6-18-66-36-48-78(84)96(72)90(60)66/h1-54H. The number of nitrogens with zero attached hydrogens (tertiary/aromatic N) is 3. The molecule has 0 amide bonds. The molecule has 504 valence electrons. The van der Waals surface area contributed by atoms with Gasteiger partial charge in [-0.3, -0.25) is 0 Å². The summed E-state index contributed by atoms with van der Waals surface area (Å²) < 4.78 is 68.6. The summed E-state index contributed by atoms with van der Waals surface area (Å²) in [6.07, 6.45) is 0. The van der Waals surface area contributed by atoms with Gasteiger partial charge in [-0.25, -0.2) is 0 Å².